The van der Waals surface area contributed by atoms with E-state index >= 15 is 0 Å². The quantitative estimate of drug-likeness (QED) is 0.667. The number of halogens is 1. The highest BCUT2D eigenvalue weighted by Gasteiger charge is 2.22. The monoisotopic (exact) mass is 278 g/mol. The number of rotatable bonds is 2. The average molecular weight is 279 g/mol. The fraction of sp³-hybridized carbons (Fsp3) is 0.154. The molecule has 1 unspecified atom stereocenters. The number of hydrogen-bond acceptors (Lipinski definition) is 2. The third-order valence-electron chi connectivity index (χ3n) is 2.42. The topological polar surface area (TPSA) is 37.3 Å². The number of aliphatic hydroxyl groups is 1. The predicted molar refractivity (Wildman–Crippen MR) is 66.5 cm³/mol. The molecule has 1 aliphatic carbocycles. The molecule has 3 heteroatoms. The molecule has 0 fully saturated rings. The van der Waals surface area contributed by atoms with Crippen molar-refractivity contribution >= 4 is 21.7 Å². The predicted octanol–water partition coefficient (Wildman–Crippen LogP) is 2.84. The standard InChI is InChI=1S/C13H11BrO2/c14-13(16)8-6-11(7-9-13)12(15)10-4-2-1-3-5-10/h1-8,16H,9H2. The molecule has 0 bridgehead atoms. The number of hydrogen-bond donors (Lipinski definition) is 1. The van der Waals surface area contributed by atoms with E-state index in [0.29, 0.717) is 17.6 Å². The van der Waals surface area contributed by atoms with Crippen molar-refractivity contribution in [3.8, 4) is 0 Å². The molecule has 82 valence electrons. The van der Waals surface area contributed by atoms with Crippen LogP contribution in [0.4, 0.5) is 0 Å². The molecule has 0 heterocycles. The summed E-state index contributed by atoms with van der Waals surface area (Å²) >= 11 is 3.14. The molecule has 2 rings (SSSR count). The van der Waals surface area contributed by atoms with E-state index in [2.05, 4.69) is 15.9 Å². The Balaban J connectivity index is 2.20. The van der Waals surface area contributed by atoms with Gasteiger partial charge < -0.3 is 5.11 Å². The van der Waals surface area contributed by atoms with E-state index in [-0.39, 0.29) is 5.78 Å². The summed E-state index contributed by atoms with van der Waals surface area (Å²) in [4.78, 5) is 12.0. The number of carbonyl (C=O) groups excluding carboxylic acids is 1. The van der Waals surface area contributed by atoms with Crippen LogP contribution in [0, 0.1) is 0 Å². The van der Waals surface area contributed by atoms with Gasteiger partial charge in [0.2, 0.25) is 0 Å². The zero-order valence-electron chi connectivity index (χ0n) is 8.56. The van der Waals surface area contributed by atoms with Crippen LogP contribution in [0.2, 0.25) is 0 Å². The van der Waals surface area contributed by atoms with Crippen LogP contribution in [0.3, 0.4) is 0 Å². The summed E-state index contributed by atoms with van der Waals surface area (Å²) in [5.74, 6) is -0.0140. The minimum absolute atomic E-state index is 0.0140. The minimum Gasteiger partial charge on any atom is -0.375 e. The average Bonchev–Trinajstić information content (AvgIpc) is 2.29. The van der Waals surface area contributed by atoms with E-state index in [0.717, 1.165) is 0 Å². The summed E-state index contributed by atoms with van der Waals surface area (Å²) in [7, 11) is 0. The van der Waals surface area contributed by atoms with E-state index in [1.54, 1.807) is 30.4 Å². The van der Waals surface area contributed by atoms with Gasteiger partial charge in [-0.1, -0.05) is 42.5 Å². The fourth-order valence-electron chi connectivity index (χ4n) is 1.53. The first kappa shape index (κ1) is 11.3. The first-order valence-electron chi connectivity index (χ1n) is 4.99. The summed E-state index contributed by atoms with van der Waals surface area (Å²) < 4.78 is -1.01. The van der Waals surface area contributed by atoms with Crippen LogP contribution >= 0.6 is 15.9 Å². The highest BCUT2D eigenvalue weighted by Crippen LogP contribution is 2.27. The summed E-state index contributed by atoms with van der Waals surface area (Å²) in [6.45, 7) is 0. The fourth-order valence-corrected chi connectivity index (χ4v) is 1.83. The summed E-state index contributed by atoms with van der Waals surface area (Å²) in [5, 5.41) is 9.62. The van der Waals surface area contributed by atoms with Gasteiger partial charge >= 0.3 is 0 Å². The third kappa shape index (κ3) is 2.49. The van der Waals surface area contributed by atoms with Gasteiger partial charge in [0, 0.05) is 17.6 Å². The molecule has 0 aliphatic heterocycles. The summed E-state index contributed by atoms with van der Waals surface area (Å²) in [6, 6.07) is 9.11. The molecule has 0 radical (unpaired) electrons. The molecular weight excluding hydrogens is 268 g/mol. The van der Waals surface area contributed by atoms with Crippen molar-refractivity contribution in [3.05, 3.63) is 59.7 Å². The summed E-state index contributed by atoms with van der Waals surface area (Å²) in [6.07, 6.45) is 5.37. The maximum absolute atomic E-state index is 12.0. The van der Waals surface area contributed by atoms with Crippen LogP contribution in [0.5, 0.6) is 0 Å². The number of alkyl halides is 1. The van der Waals surface area contributed by atoms with Crippen molar-refractivity contribution in [2.75, 3.05) is 0 Å². The second kappa shape index (κ2) is 4.36. The van der Waals surface area contributed by atoms with Crippen molar-refractivity contribution < 1.29 is 9.90 Å². The van der Waals surface area contributed by atoms with E-state index in [9.17, 15) is 9.90 Å². The Hall–Kier alpha value is -1.19. The Morgan fingerprint density at radius 1 is 1.31 bits per heavy atom. The lowest BCUT2D eigenvalue weighted by Crippen LogP contribution is -2.19. The van der Waals surface area contributed by atoms with E-state index in [4.69, 9.17) is 0 Å². The van der Waals surface area contributed by atoms with Crippen LogP contribution in [0.25, 0.3) is 0 Å². The Labute approximate surface area is 102 Å². The molecule has 0 saturated carbocycles. The van der Waals surface area contributed by atoms with Gasteiger partial charge in [-0.2, -0.15) is 0 Å². The molecule has 1 aromatic carbocycles. The second-order valence-corrected chi connectivity index (χ2v) is 5.08. The van der Waals surface area contributed by atoms with Crippen molar-refractivity contribution in [1.82, 2.24) is 0 Å². The van der Waals surface area contributed by atoms with Gasteiger partial charge in [-0.05, 0) is 22.0 Å². The normalized spacial score (nSPS) is 24.0. The van der Waals surface area contributed by atoms with Crippen LogP contribution in [0.1, 0.15) is 16.8 Å². The van der Waals surface area contributed by atoms with Crippen LogP contribution in [-0.2, 0) is 0 Å². The number of carbonyl (C=O) groups is 1. The van der Waals surface area contributed by atoms with Crippen molar-refractivity contribution in [2.45, 2.75) is 10.9 Å². The van der Waals surface area contributed by atoms with Crippen molar-refractivity contribution in [3.63, 3.8) is 0 Å². The number of ketones is 1. The van der Waals surface area contributed by atoms with Gasteiger partial charge in [0.15, 0.2) is 5.78 Å². The Kier molecular flexibility index (Phi) is 3.08. The van der Waals surface area contributed by atoms with Crippen molar-refractivity contribution in [1.29, 1.82) is 0 Å². The van der Waals surface area contributed by atoms with Crippen molar-refractivity contribution in [2.24, 2.45) is 0 Å². The number of allylic oxidation sites excluding steroid dienone is 2. The molecule has 2 nitrogen and oxygen atoms in total. The highest BCUT2D eigenvalue weighted by atomic mass is 79.9. The van der Waals surface area contributed by atoms with Gasteiger partial charge in [0.05, 0.1) is 0 Å². The number of benzene rings is 1. The van der Waals surface area contributed by atoms with Gasteiger partial charge in [-0.3, -0.25) is 4.79 Å². The highest BCUT2D eigenvalue weighted by molar-refractivity contribution is 9.10. The Morgan fingerprint density at radius 3 is 2.56 bits per heavy atom. The molecule has 1 aromatic rings. The minimum atomic E-state index is -1.01. The lowest BCUT2D eigenvalue weighted by molar-refractivity contribution is 0.103. The van der Waals surface area contributed by atoms with E-state index in [1.165, 1.54) is 0 Å². The lowest BCUT2D eigenvalue weighted by Gasteiger charge is -2.18. The Bertz CT molecular complexity index is 458. The molecule has 0 spiro atoms. The largest absolute Gasteiger partial charge is 0.375 e. The van der Waals surface area contributed by atoms with E-state index < -0.39 is 4.51 Å². The van der Waals surface area contributed by atoms with Crippen LogP contribution < -0.4 is 0 Å². The van der Waals surface area contributed by atoms with Gasteiger partial charge in [-0.25, -0.2) is 0 Å². The maximum atomic E-state index is 12.0. The smallest absolute Gasteiger partial charge is 0.192 e. The van der Waals surface area contributed by atoms with E-state index in [1.807, 2.05) is 18.2 Å². The van der Waals surface area contributed by atoms with Gasteiger partial charge in [0.1, 0.15) is 4.51 Å². The molecule has 0 saturated heterocycles. The second-order valence-electron chi connectivity index (χ2n) is 3.71. The molecular formula is C13H11BrO2. The molecule has 1 atom stereocenters. The maximum Gasteiger partial charge on any atom is 0.192 e. The third-order valence-corrected chi connectivity index (χ3v) is 3.01. The lowest BCUT2D eigenvalue weighted by atomic mass is 9.97. The zero-order chi connectivity index (χ0) is 11.6. The van der Waals surface area contributed by atoms with Gasteiger partial charge in [-0.15, -0.1) is 0 Å². The Morgan fingerprint density at radius 2 is 2.00 bits per heavy atom. The molecule has 0 aromatic heterocycles. The molecule has 1 N–H and O–H groups in total. The van der Waals surface area contributed by atoms with Crippen LogP contribution in [0.15, 0.2) is 54.1 Å². The summed E-state index contributed by atoms with van der Waals surface area (Å²) in [5.41, 5.74) is 1.29. The molecule has 0 amide bonds. The zero-order valence-corrected chi connectivity index (χ0v) is 10.1. The van der Waals surface area contributed by atoms with Gasteiger partial charge in [0.25, 0.3) is 0 Å². The number of Topliss-reactive ketones (excluding diaryl/α,β-unsaturated/α-hetero) is 1. The SMILES string of the molecule is O=C(C1=CCC(O)(Br)C=C1)c1ccccc1. The molecule has 1 aliphatic rings. The molecule has 16 heavy (non-hydrogen) atoms. The first-order chi connectivity index (χ1) is 7.58. The van der Waals surface area contributed by atoms with Crippen LogP contribution in [-0.4, -0.2) is 15.4 Å². The first-order valence-corrected chi connectivity index (χ1v) is 5.78.